The summed E-state index contributed by atoms with van der Waals surface area (Å²) in [5, 5.41) is 8.62. The lowest BCUT2D eigenvalue weighted by Gasteiger charge is -2.27. The minimum Gasteiger partial charge on any atom is -0.378 e. The Morgan fingerprint density at radius 2 is 1.93 bits per heavy atom. The Hall–Kier alpha value is -3.03. The number of morpholine rings is 1. The van der Waals surface area contributed by atoms with E-state index in [4.69, 9.17) is 14.7 Å². The molecule has 1 fully saturated rings. The van der Waals surface area contributed by atoms with E-state index in [0.717, 1.165) is 65.8 Å². The van der Waals surface area contributed by atoms with Crippen LogP contribution in [0.25, 0.3) is 22.3 Å². The predicted molar refractivity (Wildman–Crippen MR) is 117 cm³/mol. The Kier molecular flexibility index (Phi) is 5.06. The first kappa shape index (κ1) is 18.0. The molecule has 1 saturated heterocycles. The van der Waals surface area contributed by atoms with Gasteiger partial charge >= 0.3 is 0 Å². The second kappa shape index (κ2) is 8.14. The van der Waals surface area contributed by atoms with Crippen molar-refractivity contribution in [2.24, 2.45) is 0 Å². The molecule has 4 heterocycles. The molecule has 0 atom stereocenters. The summed E-state index contributed by atoms with van der Waals surface area (Å²) < 4.78 is 5.41. The first-order valence-corrected chi connectivity index (χ1v) is 10.6. The van der Waals surface area contributed by atoms with Crippen LogP contribution in [0.15, 0.2) is 59.4 Å². The van der Waals surface area contributed by atoms with Crippen LogP contribution in [0.1, 0.15) is 5.56 Å². The third-order valence-electron chi connectivity index (χ3n) is 4.99. The van der Waals surface area contributed by atoms with Crippen molar-refractivity contribution in [3.05, 3.63) is 65.0 Å². The van der Waals surface area contributed by atoms with E-state index in [-0.39, 0.29) is 0 Å². The van der Waals surface area contributed by atoms with E-state index in [0.29, 0.717) is 6.54 Å². The van der Waals surface area contributed by atoms with E-state index in [2.05, 4.69) is 38.8 Å². The monoisotopic (exact) mass is 403 g/mol. The van der Waals surface area contributed by atoms with E-state index >= 15 is 0 Å². The molecule has 3 aromatic heterocycles. The molecular weight excluding hydrogens is 382 g/mol. The molecule has 7 heteroatoms. The summed E-state index contributed by atoms with van der Waals surface area (Å²) in [7, 11) is 0. The fourth-order valence-electron chi connectivity index (χ4n) is 3.42. The molecule has 0 bridgehead atoms. The highest BCUT2D eigenvalue weighted by Crippen LogP contribution is 2.26. The number of ether oxygens (including phenoxy) is 1. The highest BCUT2D eigenvalue weighted by molar-refractivity contribution is 7.08. The van der Waals surface area contributed by atoms with Gasteiger partial charge in [-0.3, -0.25) is 0 Å². The molecule has 1 aliphatic heterocycles. The maximum atomic E-state index is 5.41. The summed E-state index contributed by atoms with van der Waals surface area (Å²) in [6, 6.07) is 14.3. The van der Waals surface area contributed by atoms with Crippen LogP contribution in [0.4, 0.5) is 11.6 Å². The second-order valence-electron chi connectivity index (χ2n) is 6.90. The summed E-state index contributed by atoms with van der Waals surface area (Å²) in [5.41, 5.74) is 3.09. The number of aromatic nitrogens is 3. The van der Waals surface area contributed by atoms with Gasteiger partial charge in [-0.05, 0) is 35.2 Å². The molecular formula is C22H21N5OS. The van der Waals surface area contributed by atoms with Crippen LogP contribution in [0.2, 0.25) is 0 Å². The average Bonchev–Trinajstić information content (AvgIpc) is 3.33. The van der Waals surface area contributed by atoms with E-state index in [1.54, 1.807) is 11.3 Å². The zero-order valence-corrected chi connectivity index (χ0v) is 16.7. The molecule has 29 heavy (non-hydrogen) atoms. The van der Waals surface area contributed by atoms with Gasteiger partial charge in [-0.1, -0.05) is 18.2 Å². The normalized spacial score (nSPS) is 14.3. The number of nitrogens with one attached hydrogen (secondary N) is 1. The molecule has 146 valence electrons. The summed E-state index contributed by atoms with van der Waals surface area (Å²) >= 11 is 1.65. The highest BCUT2D eigenvalue weighted by Gasteiger charge is 2.13. The summed E-state index contributed by atoms with van der Waals surface area (Å²) in [5.74, 6) is 2.59. The molecule has 0 unspecified atom stereocenters. The maximum Gasteiger partial charge on any atom is 0.162 e. The number of fused-ring (bicyclic) bond motifs is 1. The van der Waals surface area contributed by atoms with Crippen molar-refractivity contribution >= 4 is 33.9 Å². The number of rotatable bonds is 5. The van der Waals surface area contributed by atoms with Crippen LogP contribution in [0.5, 0.6) is 0 Å². The van der Waals surface area contributed by atoms with Crippen molar-refractivity contribution in [1.29, 1.82) is 0 Å². The van der Waals surface area contributed by atoms with E-state index in [1.165, 1.54) is 0 Å². The summed E-state index contributed by atoms with van der Waals surface area (Å²) in [4.78, 5) is 16.4. The van der Waals surface area contributed by atoms with Gasteiger partial charge in [-0.2, -0.15) is 11.3 Å². The molecule has 5 rings (SSSR count). The Balaban J connectivity index is 1.37. The van der Waals surface area contributed by atoms with Crippen molar-refractivity contribution in [3.63, 3.8) is 0 Å². The molecule has 1 aliphatic rings. The molecule has 0 saturated carbocycles. The fourth-order valence-corrected chi connectivity index (χ4v) is 4.05. The van der Waals surface area contributed by atoms with Gasteiger partial charge in [0.2, 0.25) is 0 Å². The van der Waals surface area contributed by atoms with Gasteiger partial charge in [0.05, 0.1) is 18.7 Å². The summed E-state index contributed by atoms with van der Waals surface area (Å²) in [6.45, 7) is 3.96. The van der Waals surface area contributed by atoms with Crippen LogP contribution >= 0.6 is 11.3 Å². The molecule has 6 nitrogen and oxygen atoms in total. The van der Waals surface area contributed by atoms with Gasteiger partial charge < -0.3 is 15.0 Å². The number of anilines is 2. The van der Waals surface area contributed by atoms with Crippen LogP contribution in [-0.2, 0) is 11.3 Å². The Labute approximate surface area is 173 Å². The first-order valence-electron chi connectivity index (χ1n) is 9.68. The number of nitrogens with zero attached hydrogens (tertiary/aromatic N) is 4. The third kappa shape index (κ3) is 3.92. The summed E-state index contributed by atoms with van der Waals surface area (Å²) in [6.07, 6.45) is 1.93. The van der Waals surface area contributed by atoms with Crippen LogP contribution < -0.4 is 10.2 Å². The SMILES string of the molecule is c1ccc2c(NCc3ccc(N4CCOCC4)nc3)nc(-c3ccsc3)nc2c1. The molecule has 4 aromatic rings. The lowest BCUT2D eigenvalue weighted by atomic mass is 10.2. The standard InChI is InChI=1S/C22H21N5OS/c1-2-4-19-18(3-1)22(26-21(25-19)17-7-12-29-15-17)24-14-16-5-6-20(23-13-16)27-8-10-28-11-9-27/h1-7,12-13,15H,8-11,14H2,(H,24,25,26). The molecule has 0 radical (unpaired) electrons. The van der Waals surface area contributed by atoms with Gasteiger partial charge in [0.15, 0.2) is 5.82 Å². The van der Waals surface area contributed by atoms with Gasteiger partial charge in [0.25, 0.3) is 0 Å². The minimum absolute atomic E-state index is 0.653. The third-order valence-corrected chi connectivity index (χ3v) is 5.67. The number of hydrogen-bond donors (Lipinski definition) is 1. The molecule has 0 amide bonds. The second-order valence-corrected chi connectivity index (χ2v) is 7.68. The van der Waals surface area contributed by atoms with Crippen LogP contribution in [0, 0.1) is 0 Å². The largest absolute Gasteiger partial charge is 0.378 e. The Morgan fingerprint density at radius 3 is 2.72 bits per heavy atom. The van der Waals surface area contributed by atoms with Crippen molar-refractivity contribution in [3.8, 4) is 11.4 Å². The zero-order valence-electron chi connectivity index (χ0n) is 15.9. The van der Waals surface area contributed by atoms with Crippen molar-refractivity contribution in [2.45, 2.75) is 6.54 Å². The minimum atomic E-state index is 0.653. The lowest BCUT2D eigenvalue weighted by Crippen LogP contribution is -2.36. The Bertz CT molecular complexity index is 1090. The van der Waals surface area contributed by atoms with Gasteiger partial charge in [-0.25, -0.2) is 15.0 Å². The molecule has 1 N–H and O–H groups in total. The van der Waals surface area contributed by atoms with E-state index in [1.807, 2.05) is 35.8 Å². The van der Waals surface area contributed by atoms with Crippen molar-refractivity contribution in [1.82, 2.24) is 15.0 Å². The Morgan fingerprint density at radius 1 is 1.03 bits per heavy atom. The quantitative estimate of drug-likeness (QED) is 0.539. The lowest BCUT2D eigenvalue weighted by molar-refractivity contribution is 0.122. The molecule has 0 aliphatic carbocycles. The van der Waals surface area contributed by atoms with Gasteiger partial charge in [-0.15, -0.1) is 0 Å². The highest BCUT2D eigenvalue weighted by atomic mass is 32.1. The predicted octanol–water partition coefficient (Wildman–Crippen LogP) is 4.20. The zero-order chi connectivity index (χ0) is 19.5. The number of para-hydroxylation sites is 1. The first-order chi connectivity index (χ1) is 14.4. The van der Waals surface area contributed by atoms with E-state index < -0.39 is 0 Å². The number of pyridine rings is 1. The smallest absolute Gasteiger partial charge is 0.162 e. The fraction of sp³-hybridized carbons (Fsp3) is 0.227. The number of thiophene rings is 1. The molecule has 1 aromatic carbocycles. The van der Waals surface area contributed by atoms with E-state index in [9.17, 15) is 0 Å². The van der Waals surface area contributed by atoms with Gasteiger partial charge in [0.1, 0.15) is 11.6 Å². The maximum absolute atomic E-state index is 5.41. The van der Waals surface area contributed by atoms with Crippen LogP contribution in [0.3, 0.4) is 0 Å². The van der Waals surface area contributed by atoms with Crippen molar-refractivity contribution in [2.75, 3.05) is 36.5 Å². The topological polar surface area (TPSA) is 63.2 Å². The van der Waals surface area contributed by atoms with Crippen LogP contribution in [-0.4, -0.2) is 41.3 Å². The molecule has 0 spiro atoms. The van der Waals surface area contributed by atoms with Crippen molar-refractivity contribution < 1.29 is 4.74 Å². The average molecular weight is 404 g/mol. The van der Waals surface area contributed by atoms with Gasteiger partial charge in [0, 0.05) is 42.2 Å². The number of benzene rings is 1. The number of hydrogen-bond acceptors (Lipinski definition) is 7.